The molecule has 0 bridgehead atoms. The highest BCUT2D eigenvalue weighted by Gasteiger charge is 2.31. The van der Waals surface area contributed by atoms with Crippen LogP contribution < -0.4 is 16.0 Å². The number of pyridine rings is 1. The van der Waals surface area contributed by atoms with Gasteiger partial charge < -0.3 is 30.3 Å². The number of aromatic nitrogens is 1. The maximum atomic E-state index is 12.9. The first-order valence-corrected chi connectivity index (χ1v) is 9.13. The fraction of sp³-hybridized carbons (Fsp3) is 0.263. The molecular weight excluding hydrogens is 418 g/mol. The monoisotopic (exact) mass is 436 g/mol. The maximum Gasteiger partial charge on any atom is 0.270 e. The van der Waals surface area contributed by atoms with Crippen molar-refractivity contribution >= 4 is 29.4 Å². The summed E-state index contributed by atoms with van der Waals surface area (Å²) < 4.78 is 0.700. The van der Waals surface area contributed by atoms with Crippen molar-refractivity contribution in [2.24, 2.45) is 0 Å². The number of aliphatic carboxylic acids is 1. The first kappa shape index (κ1) is 22.8. The van der Waals surface area contributed by atoms with E-state index in [9.17, 15) is 34.5 Å². The quantitative estimate of drug-likeness (QED) is 0.530. The van der Waals surface area contributed by atoms with Gasteiger partial charge in [-0.05, 0) is 18.6 Å². The number of rotatable bonds is 7. The number of carboxylic acid groups (broad SMARTS) is 1. The molecule has 0 atom stereocenters. The van der Waals surface area contributed by atoms with Crippen molar-refractivity contribution in [1.82, 2.24) is 14.8 Å². The second-order valence-electron chi connectivity index (χ2n) is 6.28. The summed E-state index contributed by atoms with van der Waals surface area (Å²) in [6.45, 7) is 0.593. The van der Waals surface area contributed by atoms with Gasteiger partial charge in [0.25, 0.3) is 17.4 Å². The Kier molecular flexibility index (Phi) is 7.06. The molecule has 2 aromatic rings. The molecule has 1 heterocycles. The van der Waals surface area contributed by atoms with Crippen molar-refractivity contribution in [1.29, 1.82) is 0 Å². The van der Waals surface area contributed by atoms with Gasteiger partial charge in [-0.3, -0.25) is 19.0 Å². The fourth-order valence-corrected chi connectivity index (χ4v) is 2.81. The lowest BCUT2D eigenvalue weighted by Crippen LogP contribution is -2.41. The molecule has 3 N–H and O–H groups in total. The number of carboxylic acids is 1. The summed E-state index contributed by atoms with van der Waals surface area (Å²) in [7, 11) is 1.39. The van der Waals surface area contributed by atoms with Crippen LogP contribution in [0.3, 0.4) is 0 Å². The summed E-state index contributed by atoms with van der Waals surface area (Å²) in [6.07, 6.45) is 0. The Labute approximate surface area is 175 Å². The van der Waals surface area contributed by atoms with Gasteiger partial charge in [0, 0.05) is 18.6 Å². The van der Waals surface area contributed by atoms with E-state index in [-0.39, 0.29) is 18.1 Å². The normalized spacial score (nSPS) is 10.5. The molecule has 0 spiro atoms. The number of hydrogen-bond donors (Lipinski definition) is 3. The van der Waals surface area contributed by atoms with Gasteiger partial charge in [-0.2, -0.15) is 0 Å². The highest BCUT2D eigenvalue weighted by atomic mass is 35.5. The van der Waals surface area contributed by atoms with Crippen molar-refractivity contribution < 1.29 is 29.7 Å². The van der Waals surface area contributed by atoms with Gasteiger partial charge >= 0.3 is 0 Å². The third-order valence-electron chi connectivity index (χ3n) is 4.35. The van der Waals surface area contributed by atoms with Crippen molar-refractivity contribution in [3.63, 3.8) is 0 Å². The molecule has 0 radical (unpaired) electrons. The van der Waals surface area contributed by atoms with Crippen molar-refractivity contribution in [3.05, 3.63) is 56.3 Å². The molecule has 2 amide bonds. The number of halogens is 1. The van der Waals surface area contributed by atoms with Crippen LogP contribution in [0.4, 0.5) is 0 Å². The van der Waals surface area contributed by atoms with Crippen LogP contribution in [0.25, 0.3) is 0 Å². The van der Waals surface area contributed by atoms with Crippen LogP contribution in [0.1, 0.15) is 33.2 Å². The molecule has 1 aromatic heterocycles. The first-order chi connectivity index (χ1) is 14.1. The Bertz CT molecular complexity index is 1060. The topological polar surface area (TPSA) is 152 Å². The zero-order valence-corrected chi connectivity index (χ0v) is 16.9. The molecule has 10 nitrogen and oxygen atoms in total. The summed E-state index contributed by atoms with van der Waals surface area (Å²) in [5.41, 5.74) is -2.32. The molecule has 0 saturated carbocycles. The molecule has 1 aromatic carbocycles. The Morgan fingerprint density at radius 1 is 1.20 bits per heavy atom. The number of carbonyl (C=O) groups is 3. The molecule has 0 aliphatic carbocycles. The standard InChI is InChI=1S/C19H20ClN3O7/c1-3-22(2)17(28)14-15(26)13(16(27)21-8-12(24)25)18(29)23(19(14)30)9-10-6-4-5-7-11(10)20/h4-7,26,30H,3,8-9H2,1-2H3,(H,21,27)(H,24,25)/p-1. The van der Waals surface area contributed by atoms with E-state index in [1.807, 2.05) is 5.32 Å². The van der Waals surface area contributed by atoms with E-state index in [0.29, 0.717) is 10.1 Å². The van der Waals surface area contributed by atoms with Crippen LogP contribution in [0.15, 0.2) is 29.1 Å². The number of hydrogen-bond acceptors (Lipinski definition) is 7. The third kappa shape index (κ3) is 4.54. The number of aromatic hydroxyl groups is 2. The number of carbonyl (C=O) groups excluding carboxylic acids is 3. The SMILES string of the molecule is CCN(C)C(=O)c1c(O)c(C(=O)NCC(=O)[O-])c(=O)n(Cc2ccccc2Cl)c1O. The second kappa shape index (κ2) is 9.31. The Morgan fingerprint density at radius 2 is 1.83 bits per heavy atom. The molecule has 160 valence electrons. The van der Waals surface area contributed by atoms with E-state index in [4.69, 9.17) is 11.6 Å². The zero-order valence-electron chi connectivity index (χ0n) is 16.1. The van der Waals surface area contributed by atoms with Crippen LogP contribution >= 0.6 is 11.6 Å². The predicted octanol–water partition coefficient (Wildman–Crippen LogP) is -0.467. The number of benzene rings is 1. The van der Waals surface area contributed by atoms with E-state index in [2.05, 4.69) is 0 Å². The van der Waals surface area contributed by atoms with Crippen molar-refractivity contribution in [3.8, 4) is 11.6 Å². The molecule has 2 rings (SSSR count). The van der Waals surface area contributed by atoms with Crippen LogP contribution in [0.5, 0.6) is 11.6 Å². The molecule has 11 heteroatoms. The highest BCUT2D eigenvalue weighted by Crippen LogP contribution is 2.30. The average molecular weight is 437 g/mol. The van der Waals surface area contributed by atoms with Gasteiger partial charge in [0.1, 0.15) is 11.1 Å². The van der Waals surface area contributed by atoms with Gasteiger partial charge in [0.05, 0.1) is 19.1 Å². The van der Waals surface area contributed by atoms with Gasteiger partial charge in [0.2, 0.25) is 5.88 Å². The van der Waals surface area contributed by atoms with E-state index in [0.717, 1.165) is 4.90 Å². The largest absolute Gasteiger partial charge is 0.548 e. The van der Waals surface area contributed by atoms with Crippen molar-refractivity contribution in [2.45, 2.75) is 13.5 Å². The van der Waals surface area contributed by atoms with Crippen LogP contribution in [-0.2, 0) is 11.3 Å². The van der Waals surface area contributed by atoms with Gasteiger partial charge in [-0.1, -0.05) is 29.8 Å². The van der Waals surface area contributed by atoms with Crippen molar-refractivity contribution in [2.75, 3.05) is 20.1 Å². The summed E-state index contributed by atoms with van der Waals surface area (Å²) in [4.78, 5) is 49.7. The van der Waals surface area contributed by atoms with Gasteiger partial charge in [-0.25, -0.2) is 0 Å². The first-order valence-electron chi connectivity index (χ1n) is 8.75. The van der Waals surface area contributed by atoms with Gasteiger partial charge in [0.15, 0.2) is 5.75 Å². The molecule has 0 aliphatic heterocycles. The van der Waals surface area contributed by atoms with Crippen LogP contribution in [0, 0.1) is 0 Å². The van der Waals surface area contributed by atoms with E-state index < -0.39 is 52.6 Å². The van der Waals surface area contributed by atoms with Gasteiger partial charge in [-0.15, -0.1) is 0 Å². The average Bonchev–Trinajstić information content (AvgIpc) is 2.70. The summed E-state index contributed by atoms with van der Waals surface area (Å²) in [5.74, 6) is -5.65. The molecule has 0 unspecified atom stereocenters. The molecular formula is C19H19ClN3O7-. The zero-order chi connectivity index (χ0) is 22.6. The maximum absolute atomic E-state index is 12.9. The lowest BCUT2D eigenvalue weighted by Gasteiger charge is -2.20. The van der Waals surface area contributed by atoms with E-state index >= 15 is 0 Å². The second-order valence-corrected chi connectivity index (χ2v) is 6.69. The predicted molar refractivity (Wildman–Crippen MR) is 105 cm³/mol. The molecule has 0 aliphatic rings. The number of nitrogens with one attached hydrogen (secondary N) is 1. The molecule has 0 saturated heterocycles. The van der Waals surface area contributed by atoms with E-state index in [1.54, 1.807) is 31.2 Å². The lowest BCUT2D eigenvalue weighted by molar-refractivity contribution is -0.303. The summed E-state index contributed by atoms with van der Waals surface area (Å²) in [5, 5.41) is 33.9. The minimum Gasteiger partial charge on any atom is -0.548 e. The Morgan fingerprint density at radius 3 is 2.40 bits per heavy atom. The minimum absolute atomic E-state index is 0.202. The van der Waals surface area contributed by atoms with Crippen LogP contribution in [0.2, 0.25) is 5.02 Å². The summed E-state index contributed by atoms with van der Waals surface area (Å²) >= 11 is 6.10. The third-order valence-corrected chi connectivity index (χ3v) is 4.72. The number of nitrogens with zero attached hydrogens (tertiary/aromatic N) is 2. The highest BCUT2D eigenvalue weighted by molar-refractivity contribution is 6.31. The Hall–Kier alpha value is -3.53. The lowest BCUT2D eigenvalue weighted by atomic mass is 10.1. The minimum atomic E-state index is -1.62. The Balaban J connectivity index is 2.74. The fourth-order valence-electron chi connectivity index (χ4n) is 2.62. The van der Waals surface area contributed by atoms with Crippen LogP contribution in [-0.4, -0.2) is 57.6 Å². The van der Waals surface area contributed by atoms with E-state index in [1.165, 1.54) is 7.05 Å². The summed E-state index contributed by atoms with van der Waals surface area (Å²) in [6, 6.07) is 6.39. The molecule has 30 heavy (non-hydrogen) atoms. The smallest absolute Gasteiger partial charge is 0.270 e. The number of amides is 2. The molecule has 0 fully saturated rings.